The average Bonchev–Trinajstić information content (AvgIpc) is 3.10. The molecule has 0 aliphatic heterocycles. The lowest BCUT2D eigenvalue weighted by molar-refractivity contribution is 0.147. The molecule has 2 aromatic heterocycles. The molecule has 7 heteroatoms. The van der Waals surface area contributed by atoms with E-state index < -0.39 is 6.10 Å². The van der Waals surface area contributed by atoms with E-state index in [0.717, 1.165) is 17.0 Å². The third kappa shape index (κ3) is 4.35. The van der Waals surface area contributed by atoms with Gasteiger partial charge in [-0.3, -0.25) is 4.68 Å². The van der Waals surface area contributed by atoms with E-state index in [2.05, 4.69) is 15.7 Å². The van der Waals surface area contributed by atoms with Gasteiger partial charge in [0.25, 0.3) is 0 Å². The van der Waals surface area contributed by atoms with Crippen LogP contribution in [-0.4, -0.2) is 33.5 Å². The maximum Gasteiger partial charge on any atom is 0.315 e. The summed E-state index contributed by atoms with van der Waals surface area (Å²) in [7, 11) is 1.91. The first kappa shape index (κ1) is 17.1. The van der Waals surface area contributed by atoms with Crippen LogP contribution in [-0.2, 0) is 13.5 Å². The molecule has 0 aliphatic rings. The highest BCUT2D eigenvalue weighted by Gasteiger charge is 2.16. The van der Waals surface area contributed by atoms with Crippen molar-refractivity contribution in [3.05, 3.63) is 41.1 Å². The van der Waals surface area contributed by atoms with Gasteiger partial charge in [-0.1, -0.05) is 0 Å². The summed E-state index contributed by atoms with van der Waals surface area (Å²) in [6.45, 7) is 6.02. The number of carbonyl (C=O) groups excluding carboxylic acids is 1. The zero-order valence-electron chi connectivity index (χ0n) is 14.0. The fourth-order valence-electron chi connectivity index (χ4n) is 2.52. The summed E-state index contributed by atoms with van der Waals surface area (Å²) in [4.78, 5) is 11.9. The molecule has 2 rings (SSSR count). The zero-order valence-corrected chi connectivity index (χ0v) is 14.0. The van der Waals surface area contributed by atoms with Crippen LogP contribution >= 0.6 is 0 Å². The first-order chi connectivity index (χ1) is 10.9. The van der Waals surface area contributed by atoms with E-state index in [1.807, 2.05) is 32.5 Å². The molecule has 2 atom stereocenters. The lowest BCUT2D eigenvalue weighted by Gasteiger charge is -2.16. The summed E-state index contributed by atoms with van der Waals surface area (Å²) in [6.07, 6.45) is 1.34. The summed E-state index contributed by atoms with van der Waals surface area (Å²) in [5.41, 5.74) is 3.23. The van der Waals surface area contributed by atoms with Crippen molar-refractivity contribution >= 4 is 6.03 Å². The van der Waals surface area contributed by atoms with Gasteiger partial charge in [-0.2, -0.15) is 5.10 Å². The molecule has 2 unspecified atom stereocenters. The molecule has 23 heavy (non-hydrogen) atoms. The van der Waals surface area contributed by atoms with E-state index in [1.165, 1.54) is 6.26 Å². The van der Waals surface area contributed by atoms with Crippen LogP contribution < -0.4 is 10.6 Å². The SMILES string of the molecule is Cc1nn(C)c(C)c1CC(C)NC(=O)NCC(O)c1ccco1. The van der Waals surface area contributed by atoms with E-state index in [4.69, 9.17) is 4.42 Å². The standard InChI is InChI=1S/C16H24N4O3/c1-10(8-13-11(2)19-20(4)12(13)3)18-16(22)17-9-14(21)15-6-5-7-23-15/h5-7,10,14,21H,8-9H2,1-4H3,(H2,17,18,22). The van der Waals surface area contributed by atoms with Crippen molar-refractivity contribution in [3.63, 3.8) is 0 Å². The zero-order chi connectivity index (χ0) is 17.0. The predicted molar refractivity (Wildman–Crippen MR) is 86.1 cm³/mol. The number of hydrogen-bond donors (Lipinski definition) is 3. The number of furan rings is 1. The Hall–Kier alpha value is -2.28. The second-order valence-corrected chi connectivity index (χ2v) is 5.76. The lowest BCUT2D eigenvalue weighted by Crippen LogP contribution is -2.43. The molecule has 126 valence electrons. The first-order valence-electron chi connectivity index (χ1n) is 7.63. The normalized spacial score (nSPS) is 13.6. The average molecular weight is 320 g/mol. The molecule has 2 aromatic rings. The molecule has 3 N–H and O–H groups in total. The highest BCUT2D eigenvalue weighted by atomic mass is 16.4. The van der Waals surface area contributed by atoms with E-state index in [9.17, 15) is 9.90 Å². The van der Waals surface area contributed by atoms with Crippen LogP contribution in [0.5, 0.6) is 0 Å². The van der Waals surface area contributed by atoms with E-state index in [1.54, 1.807) is 12.1 Å². The Kier molecular flexibility index (Phi) is 5.44. The van der Waals surface area contributed by atoms with Crippen molar-refractivity contribution in [2.24, 2.45) is 7.05 Å². The molecular weight excluding hydrogens is 296 g/mol. The minimum absolute atomic E-state index is 0.0441. The molecule has 0 spiro atoms. The second kappa shape index (κ2) is 7.32. The van der Waals surface area contributed by atoms with Crippen LogP contribution in [0.2, 0.25) is 0 Å². The molecule has 2 heterocycles. The topological polar surface area (TPSA) is 92.3 Å². The lowest BCUT2D eigenvalue weighted by atomic mass is 10.1. The van der Waals surface area contributed by atoms with Crippen LogP contribution in [0.1, 0.15) is 35.7 Å². The second-order valence-electron chi connectivity index (χ2n) is 5.76. The molecule has 0 bridgehead atoms. The third-order valence-corrected chi connectivity index (χ3v) is 3.87. The van der Waals surface area contributed by atoms with Gasteiger partial charge in [-0.25, -0.2) is 4.79 Å². The Balaban J connectivity index is 1.80. The van der Waals surface area contributed by atoms with Gasteiger partial charge in [0.05, 0.1) is 18.5 Å². The minimum Gasteiger partial charge on any atom is -0.467 e. The molecule has 0 fully saturated rings. The number of urea groups is 1. The number of aliphatic hydroxyl groups excluding tert-OH is 1. The number of aryl methyl sites for hydroxylation is 2. The molecule has 0 aliphatic carbocycles. The van der Waals surface area contributed by atoms with Gasteiger partial charge >= 0.3 is 6.03 Å². The molecule has 0 radical (unpaired) electrons. The van der Waals surface area contributed by atoms with Crippen LogP contribution in [0.3, 0.4) is 0 Å². The molecule has 0 saturated heterocycles. The predicted octanol–water partition coefficient (Wildman–Crippen LogP) is 1.59. The van der Waals surface area contributed by atoms with Crippen LogP contribution in [0.4, 0.5) is 4.79 Å². The summed E-state index contributed by atoms with van der Waals surface area (Å²) in [6, 6.07) is 3.00. The van der Waals surface area contributed by atoms with Crippen LogP contribution in [0.25, 0.3) is 0 Å². The monoisotopic (exact) mass is 320 g/mol. The fourth-order valence-corrected chi connectivity index (χ4v) is 2.52. The molecule has 0 aromatic carbocycles. The molecule has 7 nitrogen and oxygen atoms in total. The number of carbonyl (C=O) groups is 1. The highest BCUT2D eigenvalue weighted by molar-refractivity contribution is 5.74. The van der Waals surface area contributed by atoms with Gasteiger partial charge in [0, 0.05) is 18.8 Å². The first-order valence-corrected chi connectivity index (χ1v) is 7.63. The summed E-state index contributed by atoms with van der Waals surface area (Å²) >= 11 is 0. The van der Waals surface area contributed by atoms with E-state index in [-0.39, 0.29) is 18.6 Å². The van der Waals surface area contributed by atoms with Crippen molar-refractivity contribution in [1.29, 1.82) is 0 Å². The van der Waals surface area contributed by atoms with Crippen LogP contribution in [0, 0.1) is 13.8 Å². The number of aliphatic hydroxyl groups is 1. The van der Waals surface area contributed by atoms with Gasteiger partial charge in [-0.05, 0) is 44.9 Å². The Morgan fingerprint density at radius 2 is 2.22 bits per heavy atom. The minimum atomic E-state index is -0.853. The van der Waals surface area contributed by atoms with Gasteiger partial charge in [0.1, 0.15) is 11.9 Å². The Bertz CT molecular complexity index is 649. The molecule has 2 amide bonds. The number of amides is 2. The quantitative estimate of drug-likeness (QED) is 0.754. The van der Waals surface area contributed by atoms with Gasteiger partial charge in [0.2, 0.25) is 0 Å². The summed E-state index contributed by atoms with van der Waals surface area (Å²) in [5.74, 6) is 0.431. The van der Waals surface area contributed by atoms with Crippen LogP contribution in [0.15, 0.2) is 22.8 Å². The Morgan fingerprint density at radius 3 is 2.78 bits per heavy atom. The number of nitrogens with one attached hydrogen (secondary N) is 2. The molecular formula is C16H24N4O3. The number of aromatic nitrogens is 2. The highest BCUT2D eigenvalue weighted by Crippen LogP contribution is 2.14. The Labute approximate surface area is 135 Å². The van der Waals surface area contributed by atoms with Gasteiger partial charge in [0.15, 0.2) is 0 Å². The van der Waals surface area contributed by atoms with E-state index in [0.29, 0.717) is 12.2 Å². The fraction of sp³-hybridized carbons (Fsp3) is 0.500. The number of nitrogens with zero attached hydrogens (tertiary/aromatic N) is 2. The smallest absolute Gasteiger partial charge is 0.315 e. The van der Waals surface area contributed by atoms with Gasteiger partial charge < -0.3 is 20.2 Å². The van der Waals surface area contributed by atoms with Crippen molar-refractivity contribution in [3.8, 4) is 0 Å². The van der Waals surface area contributed by atoms with Gasteiger partial charge in [-0.15, -0.1) is 0 Å². The summed E-state index contributed by atoms with van der Waals surface area (Å²) in [5, 5.41) is 19.7. The number of rotatable bonds is 6. The third-order valence-electron chi connectivity index (χ3n) is 3.87. The van der Waals surface area contributed by atoms with E-state index >= 15 is 0 Å². The Morgan fingerprint density at radius 1 is 1.48 bits per heavy atom. The van der Waals surface area contributed by atoms with Crippen molar-refractivity contribution in [2.75, 3.05) is 6.54 Å². The van der Waals surface area contributed by atoms with Crippen molar-refractivity contribution in [1.82, 2.24) is 20.4 Å². The molecule has 0 saturated carbocycles. The maximum atomic E-state index is 11.9. The number of hydrogen-bond acceptors (Lipinski definition) is 4. The van der Waals surface area contributed by atoms with Crippen molar-refractivity contribution in [2.45, 2.75) is 39.3 Å². The largest absolute Gasteiger partial charge is 0.467 e. The van der Waals surface area contributed by atoms with Crippen molar-refractivity contribution < 1.29 is 14.3 Å². The summed E-state index contributed by atoms with van der Waals surface area (Å²) < 4.78 is 6.93. The maximum absolute atomic E-state index is 11.9.